The Labute approximate surface area is 192 Å². The number of ether oxygens (including phenoxy) is 1. The zero-order valence-electron chi connectivity index (χ0n) is 20.2. The fraction of sp³-hybridized carbons (Fsp3) is 0.692. The first-order chi connectivity index (χ1) is 15.3. The number of allylic oxidation sites excluding steroid dienone is 2. The Bertz CT molecular complexity index is 760. The predicted octanol–water partition coefficient (Wildman–Crippen LogP) is 4.77. The number of carbonyl (C=O) groups is 4. The molecule has 1 aliphatic heterocycles. The summed E-state index contributed by atoms with van der Waals surface area (Å²) in [4.78, 5) is 47.4. The quantitative estimate of drug-likeness (QED) is 0.503. The van der Waals surface area contributed by atoms with Crippen molar-refractivity contribution in [3.63, 3.8) is 0 Å². The van der Waals surface area contributed by atoms with Crippen LogP contribution in [0, 0.1) is 17.8 Å². The van der Waals surface area contributed by atoms with Crippen molar-refractivity contribution in [2.75, 3.05) is 13.7 Å². The van der Waals surface area contributed by atoms with Crippen LogP contribution in [0.3, 0.4) is 0 Å². The SMILES string of the molecule is CCC(C)C(=O)CCC(C)=O.COC(=O)C1CCCC(CN2C(=O)C=CC2=C2CCC2)C1. The summed E-state index contributed by atoms with van der Waals surface area (Å²) in [5.41, 5.74) is 2.55. The van der Waals surface area contributed by atoms with E-state index in [1.807, 2.05) is 24.8 Å². The van der Waals surface area contributed by atoms with E-state index in [1.165, 1.54) is 26.0 Å². The van der Waals surface area contributed by atoms with Crippen molar-refractivity contribution in [2.24, 2.45) is 17.8 Å². The molecule has 2 fully saturated rings. The molecule has 1 amide bonds. The molecule has 6 heteroatoms. The molecule has 0 bridgehead atoms. The zero-order valence-corrected chi connectivity index (χ0v) is 20.2. The highest BCUT2D eigenvalue weighted by molar-refractivity contribution is 5.93. The lowest BCUT2D eigenvalue weighted by Gasteiger charge is -2.32. The third-order valence-electron chi connectivity index (χ3n) is 6.90. The first-order valence-corrected chi connectivity index (χ1v) is 12.1. The monoisotopic (exact) mass is 445 g/mol. The minimum Gasteiger partial charge on any atom is -0.469 e. The van der Waals surface area contributed by atoms with Crippen LogP contribution in [0.4, 0.5) is 0 Å². The Hall–Kier alpha value is -2.24. The zero-order chi connectivity index (χ0) is 23.7. The van der Waals surface area contributed by atoms with Gasteiger partial charge < -0.3 is 14.4 Å². The van der Waals surface area contributed by atoms with E-state index in [0.29, 0.717) is 18.8 Å². The number of Topliss-reactive ketones (excluding diaryl/α,β-unsaturated/α-hetero) is 2. The average Bonchev–Trinajstić information content (AvgIpc) is 3.10. The largest absolute Gasteiger partial charge is 0.469 e. The minimum absolute atomic E-state index is 0.0132. The fourth-order valence-corrected chi connectivity index (χ4v) is 4.42. The second-order valence-corrected chi connectivity index (χ2v) is 9.35. The second-order valence-electron chi connectivity index (χ2n) is 9.35. The van der Waals surface area contributed by atoms with Crippen LogP contribution in [0.25, 0.3) is 0 Å². The van der Waals surface area contributed by atoms with E-state index in [4.69, 9.17) is 4.74 Å². The fourth-order valence-electron chi connectivity index (χ4n) is 4.42. The first kappa shape index (κ1) is 26.0. The molecule has 3 rings (SSSR count). The van der Waals surface area contributed by atoms with Gasteiger partial charge in [-0.05, 0) is 69.4 Å². The van der Waals surface area contributed by atoms with E-state index in [1.54, 1.807) is 6.08 Å². The topological polar surface area (TPSA) is 80.8 Å². The molecule has 0 N–H and O–H groups in total. The Morgan fingerprint density at radius 2 is 1.84 bits per heavy atom. The maximum atomic E-state index is 12.1. The van der Waals surface area contributed by atoms with E-state index in [2.05, 4.69) is 0 Å². The third kappa shape index (κ3) is 7.42. The van der Waals surface area contributed by atoms with Gasteiger partial charge in [0.15, 0.2) is 0 Å². The van der Waals surface area contributed by atoms with Crippen molar-refractivity contribution in [1.29, 1.82) is 0 Å². The smallest absolute Gasteiger partial charge is 0.308 e. The van der Waals surface area contributed by atoms with Gasteiger partial charge in [-0.15, -0.1) is 0 Å². The Kier molecular flexibility index (Phi) is 10.3. The number of esters is 1. The summed E-state index contributed by atoms with van der Waals surface area (Å²) < 4.78 is 4.87. The molecule has 1 heterocycles. The molecule has 0 aromatic carbocycles. The van der Waals surface area contributed by atoms with Gasteiger partial charge in [-0.25, -0.2) is 0 Å². The number of ketones is 2. The Morgan fingerprint density at radius 3 is 2.41 bits per heavy atom. The number of rotatable bonds is 8. The molecule has 32 heavy (non-hydrogen) atoms. The highest BCUT2D eigenvalue weighted by Gasteiger charge is 2.32. The summed E-state index contributed by atoms with van der Waals surface area (Å²) >= 11 is 0. The van der Waals surface area contributed by atoms with Crippen LogP contribution in [0.1, 0.15) is 85.0 Å². The van der Waals surface area contributed by atoms with Crippen molar-refractivity contribution < 1.29 is 23.9 Å². The van der Waals surface area contributed by atoms with Crippen molar-refractivity contribution in [1.82, 2.24) is 4.90 Å². The highest BCUT2D eigenvalue weighted by atomic mass is 16.5. The molecule has 6 nitrogen and oxygen atoms in total. The Morgan fingerprint density at radius 1 is 1.12 bits per heavy atom. The van der Waals surface area contributed by atoms with Crippen LogP contribution < -0.4 is 0 Å². The van der Waals surface area contributed by atoms with Gasteiger partial charge in [-0.3, -0.25) is 14.4 Å². The average molecular weight is 446 g/mol. The highest BCUT2D eigenvalue weighted by Crippen LogP contribution is 2.36. The second kappa shape index (κ2) is 12.7. The Balaban J connectivity index is 0.000000282. The van der Waals surface area contributed by atoms with Gasteiger partial charge in [-0.2, -0.15) is 0 Å². The summed E-state index contributed by atoms with van der Waals surface area (Å²) in [6, 6.07) is 0. The summed E-state index contributed by atoms with van der Waals surface area (Å²) in [6.45, 7) is 6.15. The number of hydrogen-bond donors (Lipinski definition) is 0. The third-order valence-corrected chi connectivity index (χ3v) is 6.90. The van der Waals surface area contributed by atoms with Crippen LogP contribution >= 0.6 is 0 Å². The maximum absolute atomic E-state index is 12.1. The normalized spacial score (nSPS) is 23.2. The molecular formula is C26H39NO5. The summed E-state index contributed by atoms with van der Waals surface area (Å²) in [5.74, 6) is 0.855. The van der Waals surface area contributed by atoms with Gasteiger partial charge >= 0.3 is 5.97 Å². The molecule has 0 radical (unpaired) electrons. The van der Waals surface area contributed by atoms with Crippen LogP contribution in [-0.2, 0) is 23.9 Å². The van der Waals surface area contributed by atoms with Gasteiger partial charge in [0.05, 0.1) is 13.0 Å². The van der Waals surface area contributed by atoms with Crippen molar-refractivity contribution in [3.05, 3.63) is 23.4 Å². The van der Waals surface area contributed by atoms with Crippen LogP contribution in [-0.4, -0.2) is 42.0 Å². The van der Waals surface area contributed by atoms with Crippen LogP contribution in [0.5, 0.6) is 0 Å². The molecule has 2 aliphatic carbocycles. The van der Waals surface area contributed by atoms with Gasteiger partial charge in [0.25, 0.3) is 5.91 Å². The van der Waals surface area contributed by atoms with Crippen molar-refractivity contribution >= 4 is 23.4 Å². The molecule has 0 spiro atoms. The molecule has 3 unspecified atom stereocenters. The van der Waals surface area contributed by atoms with E-state index < -0.39 is 0 Å². The molecule has 3 atom stereocenters. The molecule has 0 aromatic rings. The lowest BCUT2D eigenvalue weighted by Crippen LogP contribution is -2.35. The van der Waals surface area contributed by atoms with Gasteiger partial charge in [0.1, 0.15) is 11.6 Å². The minimum atomic E-state index is -0.0943. The number of methoxy groups -OCH3 is 1. The van der Waals surface area contributed by atoms with Gasteiger partial charge in [0.2, 0.25) is 0 Å². The van der Waals surface area contributed by atoms with E-state index >= 15 is 0 Å². The van der Waals surface area contributed by atoms with E-state index in [0.717, 1.165) is 57.2 Å². The molecule has 2 saturated carbocycles. The maximum Gasteiger partial charge on any atom is 0.308 e. The van der Waals surface area contributed by atoms with Crippen molar-refractivity contribution in [2.45, 2.75) is 85.0 Å². The van der Waals surface area contributed by atoms with E-state index in [9.17, 15) is 19.2 Å². The first-order valence-electron chi connectivity index (χ1n) is 12.1. The van der Waals surface area contributed by atoms with Gasteiger partial charge in [-0.1, -0.05) is 20.3 Å². The summed E-state index contributed by atoms with van der Waals surface area (Å²) in [5, 5.41) is 0. The number of nitrogens with zero attached hydrogens (tertiary/aromatic N) is 1. The van der Waals surface area contributed by atoms with Crippen molar-refractivity contribution in [3.8, 4) is 0 Å². The molecule has 3 aliphatic rings. The number of amides is 1. The number of carbonyl (C=O) groups excluding carboxylic acids is 4. The molecule has 178 valence electrons. The van der Waals surface area contributed by atoms with Crippen LogP contribution in [0.2, 0.25) is 0 Å². The summed E-state index contributed by atoms with van der Waals surface area (Å²) in [6.07, 6.45) is 12.7. The molecular weight excluding hydrogens is 406 g/mol. The lowest BCUT2D eigenvalue weighted by molar-refractivity contribution is -0.147. The lowest BCUT2D eigenvalue weighted by atomic mass is 9.81. The summed E-state index contributed by atoms with van der Waals surface area (Å²) in [7, 11) is 1.46. The van der Waals surface area contributed by atoms with Gasteiger partial charge in [0, 0.05) is 37.1 Å². The molecule has 0 saturated heterocycles. The van der Waals surface area contributed by atoms with E-state index in [-0.39, 0.29) is 35.3 Å². The predicted molar refractivity (Wildman–Crippen MR) is 124 cm³/mol. The van der Waals surface area contributed by atoms with Crippen LogP contribution in [0.15, 0.2) is 23.4 Å². The standard InChI is InChI=1S/C17H23NO3.C9H16O2/c1-21-17(20)14-7-2-4-12(10-14)11-18-15(8-9-16(18)19)13-5-3-6-13;1-4-7(2)9(11)6-5-8(3)10/h8-9,12,14H,2-7,10-11H2,1H3;7H,4-6H2,1-3H3. The number of hydrogen-bond acceptors (Lipinski definition) is 5. The molecule has 0 aromatic heterocycles.